The van der Waals surface area contributed by atoms with Crippen molar-refractivity contribution in [3.8, 4) is 28.1 Å². The van der Waals surface area contributed by atoms with Gasteiger partial charge in [-0.05, 0) is 42.8 Å². The lowest BCUT2D eigenvalue weighted by atomic mass is 9.98. The highest BCUT2D eigenvalue weighted by Crippen LogP contribution is 2.42. The summed E-state index contributed by atoms with van der Waals surface area (Å²) in [5.41, 5.74) is 6.59. The van der Waals surface area contributed by atoms with Crippen LogP contribution in [-0.4, -0.2) is 44.2 Å². The van der Waals surface area contributed by atoms with Gasteiger partial charge < -0.3 is 9.73 Å². The number of aryl methyl sites for hydroxylation is 1. The van der Waals surface area contributed by atoms with E-state index in [2.05, 4.69) is 10.3 Å². The number of amides is 1. The van der Waals surface area contributed by atoms with Crippen LogP contribution in [-0.2, 0) is 10.0 Å². The van der Waals surface area contributed by atoms with Crippen LogP contribution in [0.3, 0.4) is 0 Å². The Morgan fingerprint density at radius 1 is 1.00 bits per heavy atom. The molecule has 0 atom stereocenters. The summed E-state index contributed by atoms with van der Waals surface area (Å²) in [6.45, 7) is 1.98. The molecule has 0 radical (unpaired) electrons. The van der Waals surface area contributed by atoms with Crippen molar-refractivity contribution < 1.29 is 17.6 Å². The van der Waals surface area contributed by atoms with Gasteiger partial charge in [-0.1, -0.05) is 59.6 Å². The zero-order valence-electron chi connectivity index (χ0n) is 23.3. The fourth-order valence-corrected chi connectivity index (χ4v) is 5.81. The van der Waals surface area contributed by atoms with Crippen LogP contribution in [0, 0.1) is 6.92 Å². The van der Waals surface area contributed by atoms with E-state index in [0.29, 0.717) is 38.6 Å². The Bertz CT molecular complexity index is 2110. The first-order chi connectivity index (χ1) is 20.1. The van der Waals surface area contributed by atoms with Crippen LogP contribution in [0.5, 0.6) is 0 Å². The molecular formula is C32H27ClN4O4S. The topological polar surface area (TPSA) is 97.4 Å². The molecule has 8 nitrogen and oxygen atoms in total. The predicted octanol–water partition coefficient (Wildman–Crippen LogP) is 6.82. The summed E-state index contributed by atoms with van der Waals surface area (Å²) >= 11 is 6.51. The molecule has 10 heteroatoms. The van der Waals surface area contributed by atoms with Gasteiger partial charge in [-0.15, -0.1) is 0 Å². The van der Waals surface area contributed by atoms with Crippen LogP contribution < -0.4 is 9.62 Å². The number of hydrogen-bond donors (Lipinski definition) is 1. The van der Waals surface area contributed by atoms with Crippen LogP contribution in [0.2, 0.25) is 5.02 Å². The Hall–Kier alpha value is -4.60. The molecule has 4 aromatic carbocycles. The van der Waals surface area contributed by atoms with Gasteiger partial charge in [0.15, 0.2) is 0 Å². The molecule has 0 saturated heterocycles. The van der Waals surface area contributed by atoms with Gasteiger partial charge >= 0.3 is 0 Å². The number of hydrogen-bond acceptors (Lipinski definition) is 5. The average molecular weight is 599 g/mol. The van der Waals surface area contributed by atoms with Gasteiger partial charge in [-0.2, -0.15) is 0 Å². The van der Waals surface area contributed by atoms with E-state index in [1.807, 2.05) is 84.3 Å². The molecule has 2 aromatic heterocycles. The van der Waals surface area contributed by atoms with Crippen molar-refractivity contribution in [2.45, 2.75) is 6.92 Å². The lowest BCUT2D eigenvalue weighted by molar-refractivity contribution is 0.0964. The standard InChI is InChI=1S/C32H27ClN4O4S/c1-19-9-11-20(12-10-19)31-30(32(38)34-2)23-16-22(27(17-29(23)41-31)36(3)42(4,39)40)21-13-14-25-28(15-21)37(18-35-25)26-8-6-5-7-24(26)33/h5-18H,1-4H3,(H,34,38). The second-order valence-corrected chi connectivity index (χ2v) is 12.5. The molecule has 0 aliphatic rings. The number of furan rings is 1. The maximum atomic E-state index is 13.2. The van der Waals surface area contributed by atoms with Crippen LogP contribution in [0.4, 0.5) is 5.69 Å². The molecule has 42 heavy (non-hydrogen) atoms. The number of imidazole rings is 1. The van der Waals surface area contributed by atoms with Crippen molar-refractivity contribution in [3.63, 3.8) is 0 Å². The maximum Gasteiger partial charge on any atom is 0.255 e. The highest BCUT2D eigenvalue weighted by molar-refractivity contribution is 7.92. The van der Waals surface area contributed by atoms with Gasteiger partial charge in [0.25, 0.3) is 5.91 Å². The Balaban J connectivity index is 1.65. The molecule has 0 aliphatic carbocycles. The molecule has 212 valence electrons. The molecular weight excluding hydrogens is 572 g/mol. The third-order valence-corrected chi connectivity index (χ3v) is 8.89. The number of benzene rings is 4. The number of nitrogens with one attached hydrogen (secondary N) is 1. The molecule has 2 heterocycles. The largest absolute Gasteiger partial charge is 0.455 e. The Morgan fingerprint density at radius 2 is 1.71 bits per heavy atom. The molecule has 0 unspecified atom stereocenters. The van der Waals surface area contributed by atoms with Crippen molar-refractivity contribution in [1.82, 2.24) is 14.9 Å². The molecule has 1 amide bonds. The van der Waals surface area contributed by atoms with Crippen molar-refractivity contribution in [2.24, 2.45) is 0 Å². The fourth-order valence-electron chi connectivity index (χ4n) is 5.08. The number of sulfonamides is 1. The van der Waals surface area contributed by atoms with Crippen molar-refractivity contribution in [3.05, 3.63) is 101 Å². The number of fused-ring (bicyclic) bond motifs is 2. The summed E-state index contributed by atoms with van der Waals surface area (Å²) in [5, 5.41) is 3.85. The third-order valence-electron chi connectivity index (χ3n) is 7.38. The van der Waals surface area contributed by atoms with Crippen LogP contribution in [0.25, 0.3) is 50.1 Å². The van der Waals surface area contributed by atoms with E-state index >= 15 is 0 Å². The van der Waals surface area contributed by atoms with E-state index < -0.39 is 10.0 Å². The second kappa shape index (κ2) is 10.3. The SMILES string of the molecule is CNC(=O)c1c(-c2ccc(C)cc2)oc2cc(N(C)S(C)(=O)=O)c(-c3ccc4ncn(-c5ccccc5Cl)c4c3)cc12. The predicted molar refractivity (Wildman–Crippen MR) is 168 cm³/mol. The molecule has 0 spiro atoms. The molecule has 0 bridgehead atoms. The number of aromatic nitrogens is 2. The summed E-state index contributed by atoms with van der Waals surface area (Å²) < 4.78 is 34.9. The van der Waals surface area contributed by atoms with E-state index in [-0.39, 0.29) is 5.91 Å². The zero-order valence-corrected chi connectivity index (χ0v) is 24.9. The summed E-state index contributed by atoms with van der Waals surface area (Å²) in [4.78, 5) is 17.8. The molecule has 0 fully saturated rings. The minimum absolute atomic E-state index is 0.313. The highest BCUT2D eigenvalue weighted by atomic mass is 35.5. The molecule has 1 N–H and O–H groups in total. The van der Waals surface area contributed by atoms with Crippen LogP contribution >= 0.6 is 11.6 Å². The van der Waals surface area contributed by atoms with E-state index in [1.54, 1.807) is 19.4 Å². The van der Waals surface area contributed by atoms with Gasteiger partial charge in [-0.25, -0.2) is 13.4 Å². The highest BCUT2D eigenvalue weighted by Gasteiger charge is 2.26. The molecule has 0 aliphatic heterocycles. The lowest BCUT2D eigenvalue weighted by Gasteiger charge is -2.21. The first-order valence-electron chi connectivity index (χ1n) is 13.1. The minimum atomic E-state index is -3.65. The second-order valence-electron chi connectivity index (χ2n) is 10.1. The first kappa shape index (κ1) is 27.6. The smallest absolute Gasteiger partial charge is 0.255 e. The van der Waals surface area contributed by atoms with E-state index in [4.69, 9.17) is 16.0 Å². The molecule has 0 saturated carbocycles. The minimum Gasteiger partial charge on any atom is -0.455 e. The van der Waals surface area contributed by atoms with Gasteiger partial charge in [-0.3, -0.25) is 13.7 Å². The number of para-hydroxylation sites is 1. The Morgan fingerprint density at radius 3 is 2.40 bits per heavy atom. The normalized spacial score (nSPS) is 11.7. The summed E-state index contributed by atoms with van der Waals surface area (Å²) in [5.74, 6) is 0.0912. The third kappa shape index (κ3) is 4.70. The van der Waals surface area contributed by atoms with Gasteiger partial charge in [0, 0.05) is 36.7 Å². The quantitative estimate of drug-likeness (QED) is 0.227. The van der Waals surface area contributed by atoms with Gasteiger partial charge in [0.2, 0.25) is 10.0 Å². The van der Waals surface area contributed by atoms with Crippen LogP contribution in [0.1, 0.15) is 15.9 Å². The molecule has 6 aromatic rings. The lowest BCUT2D eigenvalue weighted by Crippen LogP contribution is -2.25. The van der Waals surface area contributed by atoms with Crippen molar-refractivity contribution in [1.29, 1.82) is 0 Å². The summed E-state index contributed by atoms with van der Waals surface area (Å²) in [7, 11) is -0.585. The Labute approximate surface area is 248 Å². The monoisotopic (exact) mass is 598 g/mol. The number of halogens is 1. The van der Waals surface area contributed by atoms with Gasteiger partial charge in [0.1, 0.15) is 17.7 Å². The maximum absolute atomic E-state index is 13.2. The van der Waals surface area contributed by atoms with Crippen molar-refractivity contribution in [2.75, 3.05) is 24.7 Å². The number of rotatable bonds is 6. The van der Waals surface area contributed by atoms with E-state index in [1.165, 1.54) is 11.4 Å². The summed E-state index contributed by atoms with van der Waals surface area (Å²) in [6.07, 6.45) is 2.85. The fraction of sp³-hybridized carbons (Fsp3) is 0.125. The number of carbonyl (C=O) groups excluding carboxylic acids is 1. The van der Waals surface area contributed by atoms with Crippen LogP contribution in [0.15, 0.2) is 89.6 Å². The van der Waals surface area contributed by atoms with Crippen molar-refractivity contribution >= 4 is 55.2 Å². The van der Waals surface area contributed by atoms with E-state index in [0.717, 1.165) is 39.7 Å². The number of nitrogens with zero attached hydrogens (tertiary/aromatic N) is 3. The zero-order chi connectivity index (χ0) is 29.8. The Kier molecular flexibility index (Phi) is 6.79. The number of anilines is 1. The first-order valence-corrected chi connectivity index (χ1v) is 15.4. The number of carbonyl (C=O) groups is 1. The average Bonchev–Trinajstić information content (AvgIpc) is 3.57. The molecule has 6 rings (SSSR count). The summed E-state index contributed by atoms with van der Waals surface area (Å²) in [6, 6.07) is 24.3. The van der Waals surface area contributed by atoms with Gasteiger partial charge in [0.05, 0.1) is 39.3 Å². The van der Waals surface area contributed by atoms with E-state index in [9.17, 15) is 13.2 Å².